The van der Waals surface area contributed by atoms with Crippen LogP contribution >= 0.6 is 0 Å². The maximum Gasteiger partial charge on any atom is 0.336 e. The van der Waals surface area contributed by atoms with Gasteiger partial charge in [-0.15, -0.1) is 0 Å². The fourth-order valence-electron chi connectivity index (χ4n) is 1.71. The van der Waals surface area contributed by atoms with Gasteiger partial charge < -0.3 is 10.5 Å². The fraction of sp³-hybridized carbons (Fsp3) is 0. The Hall–Kier alpha value is -3.14. The molecule has 0 saturated carbocycles. The second kappa shape index (κ2) is 7.59. The number of esters is 1. The number of carbonyl (C=O) groups is 1. The van der Waals surface area contributed by atoms with Gasteiger partial charge in [0.1, 0.15) is 11.6 Å². The average Bonchev–Trinajstić information content (AvgIpc) is 2.53. The van der Waals surface area contributed by atoms with Crippen LogP contribution in [0.1, 0.15) is 11.1 Å². The minimum absolute atomic E-state index is 0.0125. The van der Waals surface area contributed by atoms with Gasteiger partial charge in [-0.25, -0.2) is 4.79 Å². The first-order valence-electron chi connectivity index (χ1n) is 6.70. The number of ether oxygens (including phenoxy) is 1. The standard InChI is InChI=1S/C18H16N2O2/c19-17(20)12-8-15-6-10-16(11-7-15)22-18(21)13-9-14-4-2-1-3-5-14/h1-13H,(H3,19,20). The summed E-state index contributed by atoms with van der Waals surface area (Å²) in [4.78, 5) is 11.7. The zero-order chi connectivity index (χ0) is 15.8. The van der Waals surface area contributed by atoms with Crippen molar-refractivity contribution in [1.29, 1.82) is 5.41 Å². The fourth-order valence-corrected chi connectivity index (χ4v) is 1.71. The quantitative estimate of drug-likeness (QED) is 0.292. The van der Waals surface area contributed by atoms with Crippen molar-refractivity contribution in [2.24, 2.45) is 5.73 Å². The van der Waals surface area contributed by atoms with Crippen LogP contribution in [0.5, 0.6) is 5.75 Å². The number of hydrogen-bond acceptors (Lipinski definition) is 3. The lowest BCUT2D eigenvalue weighted by Gasteiger charge is -2.01. The highest BCUT2D eigenvalue weighted by atomic mass is 16.5. The molecule has 0 spiro atoms. The summed E-state index contributed by atoms with van der Waals surface area (Å²) in [6, 6.07) is 16.5. The highest BCUT2D eigenvalue weighted by Gasteiger charge is 2.00. The molecule has 2 aromatic rings. The number of benzene rings is 2. The van der Waals surface area contributed by atoms with Gasteiger partial charge in [-0.1, -0.05) is 48.5 Å². The summed E-state index contributed by atoms with van der Waals surface area (Å²) in [5.74, 6) is 0.0140. The van der Waals surface area contributed by atoms with Gasteiger partial charge in [-0.3, -0.25) is 5.41 Å². The van der Waals surface area contributed by atoms with Gasteiger partial charge in [0, 0.05) is 6.08 Å². The molecule has 0 unspecified atom stereocenters. The Morgan fingerprint density at radius 3 is 2.14 bits per heavy atom. The minimum Gasteiger partial charge on any atom is -0.423 e. The molecule has 0 aliphatic carbocycles. The third kappa shape index (κ3) is 5.09. The van der Waals surface area contributed by atoms with Crippen molar-refractivity contribution in [2.45, 2.75) is 0 Å². The van der Waals surface area contributed by atoms with E-state index in [1.807, 2.05) is 30.3 Å². The molecule has 0 radical (unpaired) electrons. The summed E-state index contributed by atoms with van der Waals surface area (Å²) in [5.41, 5.74) is 7.04. The molecule has 0 saturated heterocycles. The summed E-state index contributed by atoms with van der Waals surface area (Å²) < 4.78 is 5.20. The van der Waals surface area contributed by atoms with E-state index in [1.54, 1.807) is 36.4 Å². The Balaban J connectivity index is 1.94. The van der Waals surface area contributed by atoms with Crippen LogP contribution in [0.3, 0.4) is 0 Å². The first kappa shape index (κ1) is 15.3. The third-order valence-electron chi connectivity index (χ3n) is 2.77. The number of nitrogens with two attached hydrogens (primary N) is 1. The van der Waals surface area contributed by atoms with Crippen LogP contribution in [0.2, 0.25) is 0 Å². The Kier molecular flexibility index (Phi) is 5.26. The molecule has 2 rings (SSSR count). The lowest BCUT2D eigenvalue weighted by molar-refractivity contribution is -0.128. The van der Waals surface area contributed by atoms with Crippen LogP contribution in [-0.4, -0.2) is 11.8 Å². The van der Waals surface area contributed by atoms with E-state index < -0.39 is 5.97 Å². The molecule has 22 heavy (non-hydrogen) atoms. The van der Waals surface area contributed by atoms with Gasteiger partial charge in [0.25, 0.3) is 0 Å². The van der Waals surface area contributed by atoms with Gasteiger partial charge >= 0.3 is 5.97 Å². The first-order valence-corrected chi connectivity index (χ1v) is 6.70. The Morgan fingerprint density at radius 1 is 0.909 bits per heavy atom. The van der Waals surface area contributed by atoms with Crippen LogP contribution in [0.25, 0.3) is 12.2 Å². The van der Waals surface area contributed by atoms with Crippen molar-refractivity contribution in [2.75, 3.05) is 0 Å². The number of nitrogens with one attached hydrogen (secondary N) is 1. The van der Waals surface area contributed by atoms with Gasteiger partial charge in [0.05, 0.1) is 0 Å². The van der Waals surface area contributed by atoms with E-state index in [4.69, 9.17) is 15.9 Å². The third-order valence-corrected chi connectivity index (χ3v) is 2.77. The molecular formula is C18H16N2O2. The van der Waals surface area contributed by atoms with Crippen molar-refractivity contribution in [3.8, 4) is 5.75 Å². The van der Waals surface area contributed by atoms with E-state index in [1.165, 1.54) is 12.2 Å². The summed E-state index contributed by atoms with van der Waals surface area (Å²) >= 11 is 0. The Labute approximate surface area is 129 Å². The molecule has 0 bridgehead atoms. The molecule has 0 heterocycles. The number of carbonyl (C=O) groups excluding carboxylic acids is 1. The highest BCUT2D eigenvalue weighted by Crippen LogP contribution is 2.14. The van der Waals surface area contributed by atoms with Gasteiger partial charge in [0.15, 0.2) is 0 Å². The molecule has 0 aliphatic rings. The van der Waals surface area contributed by atoms with E-state index >= 15 is 0 Å². The zero-order valence-corrected chi connectivity index (χ0v) is 11.9. The maximum absolute atomic E-state index is 11.7. The highest BCUT2D eigenvalue weighted by molar-refractivity contribution is 5.92. The molecular weight excluding hydrogens is 276 g/mol. The monoisotopic (exact) mass is 292 g/mol. The largest absolute Gasteiger partial charge is 0.423 e. The predicted octanol–water partition coefficient (Wildman–Crippen LogP) is 3.25. The molecule has 0 aliphatic heterocycles. The lowest BCUT2D eigenvalue weighted by Crippen LogP contribution is -2.04. The SMILES string of the molecule is N=C(N)C=Cc1ccc(OC(=O)C=Cc2ccccc2)cc1. The predicted molar refractivity (Wildman–Crippen MR) is 88.5 cm³/mol. The molecule has 0 aromatic heterocycles. The second-order valence-electron chi connectivity index (χ2n) is 4.52. The van der Waals surface area contributed by atoms with Gasteiger partial charge in [-0.2, -0.15) is 0 Å². The number of hydrogen-bond donors (Lipinski definition) is 2. The molecule has 110 valence electrons. The molecule has 2 aromatic carbocycles. The van der Waals surface area contributed by atoms with E-state index in [-0.39, 0.29) is 5.84 Å². The Morgan fingerprint density at radius 2 is 1.50 bits per heavy atom. The van der Waals surface area contributed by atoms with Crippen molar-refractivity contribution < 1.29 is 9.53 Å². The van der Waals surface area contributed by atoms with Crippen LogP contribution < -0.4 is 10.5 Å². The first-order chi connectivity index (χ1) is 10.6. The molecule has 3 N–H and O–H groups in total. The van der Waals surface area contributed by atoms with Crippen LogP contribution in [0, 0.1) is 5.41 Å². The van der Waals surface area contributed by atoms with Crippen molar-refractivity contribution in [3.05, 3.63) is 77.9 Å². The van der Waals surface area contributed by atoms with Crippen LogP contribution in [-0.2, 0) is 4.79 Å². The molecule has 4 heteroatoms. The lowest BCUT2D eigenvalue weighted by atomic mass is 10.2. The molecule has 0 atom stereocenters. The molecule has 4 nitrogen and oxygen atoms in total. The smallest absolute Gasteiger partial charge is 0.336 e. The van der Waals surface area contributed by atoms with E-state index in [2.05, 4.69) is 0 Å². The van der Waals surface area contributed by atoms with Crippen LogP contribution in [0.15, 0.2) is 66.7 Å². The van der Waals surface area contributed by atoms with E-state index in [0.29, 0.717) is 5.75 Å². The van der Waals surface area contributed by atoms with E-state index in [0.717, 1.165) is 11.1 Å². The minimum atomic E-state index is -0.434. The summed E-state index contributed by atoms with van der Waals surface area (Å²) in [6.45, 7) is 0. The van der Waals surface area contributed by atoms with Crippen molar-refractivity contribution in [1.82, 2.24) is 0 Å². The van der Waals surface area contributed by atoms with Crippen molar-refractivity contribution >= 4 is 24.0 Å². The van der Waals surface area contributed by atoms with Crippen molar-refractivity contribution in [3.63, 3.8) is 0 Å². The summed E-state index contributed by atoms with van der Waals surface area (Å²) in [6.07, 6.45) is 6.29. The number of rotatable bonds is 5. The zero-order valence-electron chi connectivity index (χ0n) is 11.9. The Bertz CT molecular complexity index is 702. The molecule has 0 fully saturated rings. The average molecular weight is 292 g/mol. The number of amidine groups is 1. The van der Waals surface area contributed by atoms with Crippen LogP contribution in [0.4, 0.5) is 0 Å². The maximum atomic E-state index is 11.7. The van der Waals surface area contributed by atoms with Gasteiger partial charge in [0.2, 0.25) is 0 Å². The normalized spacial score (nSPS) is 10.9. The second-order valence-corrected chi connectivity index (χ2v) is 4.52. The van der Waals surface area contributed by atoms with Gasteiger partial charge in [-0.05, 0) is 35.4 Å². The topological polar surface area (TPSA) is 76.2 Å². The summed E-state index contributed by atoms with van der Waals surface area (Å²) in [5, 5.41) is 7.11. The molecule has 0 amide bonds. The summed E-state index contributed by atoms with van der Waals surface area (Å²) in [7, 11) is 0. The van der Waals surface area contributed by atoms with E-state index in [9.17, 15) is 4.79 Å².